The third kappa shape index (κ3) is 6.39. The molecule has 4 atom stereocenters. The van der Waals surface area contributed by atoms with Gasteiger partial charge in [0.25, 0.3) is 0 Å². The largest absolute Gasteiger partial charge is 0.381 e. The van der Waals surface area contributed by atoms with Crippen LogP contribution >= 0.6 is 11.6 Å². The van der Waals surface area contributed by atoms with E-state index in [1.165, 1.54) is 16.4 Å². The first-order valence-electron chi connectivity index (χ1n) is 13.3. The number of nitrogens with zero attached hydrogens (tertiary/aromatic N) is 4. The van der Waals surface area contributed by atoms with Crippen LogP contribution in [0.4, 0.5) is 10.1 Å². The minimum atomic E-state index is -3.25. The van der Waals surface area contributed by atoms with Crippen LogP contribution in [0, 0.1) is 11.7 Å². The molecule has 1 aliphatic carbocycles. The van der Waals surface area contributed by atoms with Crippen LogP contribution in [0.3, 0.4) is 0 Å². The molecule has 0 spiro atoms. The van der Waals surface area contributed by atoms with E-state index in [0.29, 0.717) is 62.4 Å². The number of nitrogens with one attached hydrogen (secondary N) is 1. The molecular formula is C27H31ClFN5O4S. The molecule has 12 heteroatoms. The van der Waals surface area contributed by atoms with Gasteiger partial charge in [0.2, 0.25) is 15.9 Å². The molecule has 0 bridgehead atoms. The number of benzene rings is 2. The lowest BCUT2D eigenvalue weighted by Gasteiger charge is -2.34. The highest BCUT2D eigenvalue weighted by molar-refractivity contribution is 7.90. The van der Waals surface area contributed by atoms with Crippen LogP contribution in [0.15, 0.2) is 47.6 Å². The zero-order valence-electron chi connectivity index (χ0n) is 21.4. The summed E-state index contributed by atoms with van der Waals surface area (Å²) in [5, 5.41) is 7.02. The molecule has 3 fully saturated rings. The monoisotopic (exact) mass is 575 g/mol. The lowest BCUT2D eigenvalue weighted by atomic mass is 9.76. The van der Waals surface area contributed by atoms with Gasteiger partial charge >= 0.3 is 0 Å². The van der Waals surface area contributed by atoms with Crippen molar-refractivity contribution >= 4 is 33.2 Å². The Morgan fingerprint density at radius 1 is 1.18 bits per heavy atom. The Bertz CT molecular complexity index is 1360. The fourth-order valence-corrected chi connectivity index (χ4v) is 7.67. The molecule has 2 aromatic carbocycles. The van der Waals surface area contributed by atoms with Gasteiger partial charge in [-0.1, -0.05) is 34.9 Å². The van der Waals surface area contributed by atoms with Crippen LogP contribution in [0.1, 0.15) is 49.1 Å². The topological polar surface area (TPSA) is 124 Å². The molecule has 1 amide bonds. The SMILES string of the molecule is [N-]=[N+]=N[C@H](C(=O)Nc1cccc(F)c1CCC1CN1S(=O)(=O)C1CC1)[C@@H](c1ccc(Cl)cc1)C1CCOCC1. The van der Waals surface area contributed by atoms with Gasteiger partial charge in [0.15, 0.2) is 0 Å². The van der Waals surface area contributed by atoms with Crippen LogP contribution in [0.25, 0.3) is 10.4 Å². The van der Waals surface area contributed by atoms with Crippen molar-refractivity contribution < 1.29 is 22.3 Å². The second-order valence-corrected chi connectivity index (χ2v) is 13.0. The van der Waals surface area contributed by atoms with E-state index >= 15 is 0 Å². The van der Waals surface area contributed by atoms with E-state index in [4.69, 9.17) is 16.3 Å². The lowest BCUT2D eigenvalue weighted by Crippen LogP contribution is -2.37. The summed E-state index contributed by atoms with van der Waals surface area (Å²) in [6, 6.07) is 10.3. The first kappa shape index (κ1) is 27.9. The van der Waals surface area contributed by atoms with E-state index in [2.05, 4.69) is 15.3 Å². The summed E-state index contributed by atoms with van der Waals surface area (Å²) in [5.74, 6) is -1.41. The number of halogens is 2. The quantitative estimate of drug-likeness (QED) is 0.166. The van der Waals surface area contributed by atoms with Crippen molar-refractivity contribution in [3.05, 3.63) is 74.9 Å². The van der Waals surface area contributed by atoms with Crippen LogP contribution < -0.4 is 5.32 Å². The molecule has 9 nitrogen and oxygen atoms in total. The molecule has 2 aliphatic heterocycles. The van der Waals surface area contributed by atoms with Crippen molar-refractivity contribution in [2.75, 3.05) is 25.1 Å². The molecule has 2 saturated heterocycles. The van der Waals surface area contributed by atoms with Crippen LogP contribution in [0.5, 0.6) is 0 Å². The zero-order chi connectivity index (χ0) is 27.6. The van der Waals surface area contributed by atoms with E-state index in [-0.39, 0.29) is 29.3 Å². The van der Waals surface area contributed by atoms with Gasteiger partial charge < -0.3 is 10.1 Å². The minimum absolute atomic E-state index is 0.0300. The average Bonchev–Trinajstić information content (AvgIpc) is 3.84. The van der Waals surface area contributed by atoms with E-state index in [1.54, 1.807) is 18.2 Å². The molecule has 2 unspecified atom stereocenters. The predicted octanol–water partition coefficient (Wildman–Crippen LogP) is 5.42. The smallest absolute Gasteiger partial charge is 0.234 e. The summed E-state index contributed by atoms with van der Waals surface area (Å²) in [6.07, 6.45) is 3.51. The van der Waals surface area contributed by atoms with Gasteiger partial charge in [0.1, 0.15) is 11.9 Å². The number of carbonyl (C=O) groups excluding carboxylic acids is 1. The number of sulfonamides is 1. The summed E-state index contributed by atoms with van der Waals surface area (Å²) in [7, 11) is -3.25. The summed E-state index contributed by atoms with van der Waals surface area (Å²) >= 11 is 6.10. The van der Waals surface area contributed by atoms with Crippen molar-refractivity contribution in [3.63, 3.8) is 0 Å². The molecule has 0 aromatic heterocycles. The van der Waals surface area contributed by atoms with Gasteiger partial charge in [-0.2, -0.15) is 4.31 Å². The van der Waals surface area contributed by atoms with Gasteiger partial charge in [-0.25, -0.2) is 12.8 Å². The Hall–Kier alpha value is -2.69. The highest BCUT2D eigenvalue weighted by Gasteiger charge is 2.50. The number of ether oxygens (including phenoxy) is 1. The van der Waals surface area contributed by atoms with Crippen LogP contribution in [-0.4, -0.2) is 55.7 Å². The molecule has 39 heavy (non-hydrogen) atoms. The highest BCUT2D eigenvalue weighted by Crippen LogP contribution is 2.39. The van der Waals surface area contributed by atoms with Gasteiger partial charge in [0, 0.05) is 52.9 Å². The summed E-state index contributed by atoms with van der Waals surface area (Å²) in [6.45, 7) is 1.53. The Labute approximate surface area is 232 Å². The third-order valence-corrected chi connectivity index (χ3v) is 10.5. The predicted molar refractivity (Wildman–Crippen MR) is 146 cm³/mol. The standard InChI is InChI=1S/C27H31ClFN5O4S/c28-19-6-4-17(5-7-19)25(18-12-14-38-15-13-18)26(32-33-30)27(35)31-24-3-1-2-23(29)22(24)11-8-20-16-34(20)39(36,37)21-9-10-21/h1-7,18,20-21,25-26H,8-16H2,(H,31,35)/t20?,25-,26-,34?/m0/s1. The fraction of sp³-hybridized carbons (Fsp3) is 0.519. The first-order valence-corrected chi connectivity index (χ1v) is 15.1. The maximum Gasteiger partial charge on any atom is 0.234 e. The maximum absolute atomic E-state index is 15.0. The lowest BCUT2D eigenvalue weighted by molar-refractivity contribution is -0.118. The third-order valence-electron chi connectivity index (χ3n) is 7.85. The Kier molecular flexibility index (Phi) is 8.44. The van der Waals surface area contributed by atoms with Gasteiger partial charge in [-0.05, 0) is 79.8 Å². The molecule has 1 saturated carbocycles. The van der Waals surface area contributed by atoms with E-state index in [0.717, 1.165) is 5.56 Å². The number of azide groups is 1. The minimum Gasteiger partial charge on any atom is -0.381 e. The molecule has 3 aliphatic rings. The first-order chi connectivity index (χ1) is 18.8. The molecule has 2 heterocycles. The fourth-order valence-electron chi connectivity index (χ4n) is 5.53. The number of rotatable bonds is 11. The Balaban J connectivity index is 1.35. The highest BCUT2D eigenvalue weighted by atomic mass is 35.5. The van der Waals surface area contributed by atoms with E-state index in [1.807, 2.05) is 12.1 Å². The molecule has 208 valence electrons. The summed E-state index contributed by atoms with van der Waals surface area (Å²) < 4.78 is 46.9. The Morgan fingerprint density at radius 2 is 1.90 bits per heavy atom. The molecule has 0 radical (unpaired) electrons. The average molecular weight is 576 g/mol. The second kappa shape index (κ2) is 11.8. The zero-order valence-corrected chi connectivity index (χ0v) is 23.0. The molecule has 5 rings (SSSR count). The van der Waals surface area contributed by atoms with E-state index < -0.39 is 33.7 Å². The number of hydrogen-bond donors (Lipinski definition) is 1. The van der Waals surface area contributed by atoms with Crippen LogP contribution in [0.2, 0.25) is 5.02 Å². The van der Waals surface area contributed by atoms with Crippen molar-refractivity contribution in [1.82, 2.24) is 4.31 Å². The second-order valence-electron chi connectivity index (χ2n) is 10.4. The normalized spacial score (nSPS) is 22.9. The number of anilines is 1. The van der Waals surface area contributed by atoms with Crippen molar-refractivity contribution in [2.45, 2.75) is 61.8 Å². The van der Waals surface area contributed by atoms with Crippen molar-refractivity contribution in [1.29, 1.82) is 0 Å². The van der Waals surface area contributed by atoms with Gasteiger partial charge in [0.05, 0.1) is 5.25 Å². The number of hydrogen-bond acceptors (Lipinski definition) is 5. The molecular weight excluding hydrogens is 545 g/mol. The van der Waals surface area contributed by atoms with Gasteiger partial charge in [-0.15, -0.1) is 0 Å². The summed E-state index contributed by atoms with van der Waals surface area (Å²) in [5.41, 5.74) is 10.8. The van der Waals surface area contributed by atoms with Crippen molar-refractivity contribution in [3.8, 4) is 0 Å². The number of amides is 1. The maximum atomic E-state index is 15.0. The Morgan fingerprint density at radius 3 is 2.56 bits per heavy atom. The molecule has 1 N–H and O–H groups in total. The summed E-state index contributed by atoms with van der Waals surface area (Å²) in [4.78, 5) is 16.6. The van der Waals surface area contributed by atoms with Crippen molar-refractivity contribution in [2.24, 2.45) is 11.0 Å². The number of carbonyl (C=O) groups is 1. The molecule has 2 aromatic rings. The van der Waals surface area contributed by atoms with E-state index in [9.17, 15) is 23.1 Å². The van der Waals surface area contributed by atoms with Gasteiger partial charge in [-0.3, -0.25) is 4.79 Å². The van der Waals surface area contributed by atoms with Crippen LogP contribution in [-0.2, 0) is 26.0 Å².